The second-order valence-electron chi connectivity index (χ2n) is 5.24. The van der Waals surface area contributed by atoms with E-state index in [1.807, 2.05) is 24.3 Å². The Labute approximate surface area is 120 Å². The monoisotopic (exact) mass is 279 g/mol. The fourth-order valence-corrected chi connectivity index (χ4v) is 3.06. The van der Waals surface area contributed by atoms with E-state index in [9.17, 15) is 4.79 Å². The topological polar surface area (TPSA) is 29.1 Å². The third-order valence-corrected chi connectivity index (χ3v) is 4.41. The van der Waals surface area contributed by atoms with Gasteiger partial charge in [-0.1, -0.05) is 44.4 Å². The van der Waals surface area contributed by atoms with Gasteiger partial charge in [-0.2, -0.15) is 0 Å². The van der Waals surface area contributed by atoms with Crippen LogP contribution in [0.4, 0.5) is 0 Å². The molecular formula is C16H22ClNO. The van der Waals surface area contributed by atoms with E-state index in [0.717, 1.165) is 36.8 Å². The normalized spacial score (nSPS) is 23.7. The number of benzene rings is 1. The zero-order valence-electron chi connectivity index (χ0n) is 11.5. The molecule has 0 radical (unpaired) electrons. The van der Waals surface area contributed by atoms with Crippen LogP contribution in [-0.2, 0) is 6.42 Å². The van der Waals surface area contributed by atoms with Crippen molar-refractivity contribution in [3.8, 4) is 0 Å². The molecule has 1 fully saturated rings. The summed E-state index contributed by atoms with van der Waals surface area (Å²) in [7, 11) is 0. The quantitative estimate of drug-likeness (QED) is 0.659. The molecule has 104 valence electrons. The smallest absolute Gasteiger partial charge is 0.251 e. The van der Waals surface area contributed by atoms with E-state index < -0.39 is 0 Å². The summed E-state index contributed by atoms with van der Waals surface area (Å²) >= 11 is 6.38. The fourth-order valence-electron chi connectivity index (χ4n) is 2.72. The highest BCUT2D eigenvalue weighted by atomic mass is 35.5. The Balaban J connectivity index is 2.07. The number of hydrogen-bond acceptors (Lipinski definition) is 1. The predicted molar refractivity (Wildman–Crippen MR) is 79.8 cm³/mol. The highest BCUT2D eigenvalue weighted by Crippen LogP contribution is 2.23. The van der Waals surface area contributed by atoms with Crippen molar-refractivity contribution in [2.75, 3.05) is 0 Å². The van der Waals surface area contributed by atoms with Crippen molar-refractivity contribution >= 4 is 17.5 Å². The van der Waals surface area contributed by atoms with Crippen molar-refractivity contribution in [3.05, 3.63) is 35.4 Å². The number of halogens is 1. The molecule has 3 heteroatoms. The van der Waals surface area contributed by atoms with Gasteiger partial charge in [0, 0.05) is 11.6 Å². The summed E-state index contributed by atoms with van der Waals surface area (Å²) in [6.07, 6.45) is 6.42. The van der Waals surface area contributed by atoms with Gasteiger partial charge < -0.3 is 5.32 Å². The molecule has 1 amide bonds. The van der Waals surface area contributed by atoms with Crippen LogP contribution in [0.1, 0.15) is 54.9 Å². The molecule has 1 aromatic rings. The first-order chi connectivity index (χ1) is 9.22. The molecule has 1 aromatic carbocycles. The number of carbonyl (C=O) groups is 1. The van der Waals surface area contributed by atoms with Crippen molar-refractivity contribution in [2.24, 2.45) is 0 Å². The van der Waals surface area contributed by atoms with Gasteiger partial charge >= 0.3 is 0 Å². The SMILES string of the molecule is CCc1ccccc1C(=O)NC1CCCCCC1Cl. The summed E-state index contributed by atoms with van der Waals surface area (Å²) in [6, 6.07) is 7.92. The molecule has 2 unspecified atom stereocenters. The minimum atomic E-state index is 0.0231. The lowest BCUT2D eigenvalue weighted by atomic mass is 10.0. The maximum Gasteiger partial charge on any atom is 0.251 e. The summed E-state index contributed by atoms with van der Waals surface area (Å²) in [5.74, 6) is 0.0231. The van der Waals surface area contributed by atoms with Crippen molar-refractivity contribution in [1.82, 2.24) is 5.32 Å². The third-order valence-electron chi connectivity index (χ3n) is 3.89. The van der Waals surface area contributed by atoms with E-state index in [2.05, 4.69) is 12.2 Å². The molecule has 0 aliphatic heterocycles. The average Bonchev–Trinajstić information content (AvgIpc) is 2.64. The van der Waals surface area contributed by atoms with Crippen LogP contribution in [0.5, 0.6) is 0 Å². The Bertz CT molecular complexity index is 433. The Morgan fingerprint density at radius 3 is 2.79 bits per heavy atom. The molecule has 1 aliphatic rings. The van der Waals surface area contributed by atoms with Gasteiger partial charge in [-0.25, -0.2) is 0 Å². The first-order valence-electron chi connectivity index (χ1n) is 7.25. The number of carbonyl (C=O) groups excluding carboxylic acids is 1. The zero-order chi connectivity index (χ0) is 13.7. The Morgan fingerprint density at radius 1 is 1.26 bits per heavy atom. The highest BCUT2D eigenvalue weighted by molar-refractivity contribution is 6.21. The first-order valence-corrected chi connectivity index (χ1v) is 7.69. The summed E-state index contributed by atoms with van der Waals surface area (Å²) in [5, 5.41) is 3.20. The van der Waals surface area contributed by atoms with Crippen LogP contribution in [0.3, 0.4) is 0 Å². The van der Waals surface area contributed by atoms with Crippen molar-refractivity contribution in [3.63, 3.8) is 0 Å². The van der Waals surface area contributed by atoms with Crippen molar-refractivity contribution in [2.45, 2.75) is 56.9 Å². The maximum atomic E-state index is 12.4. The van der Waals surface area contributed by atoms with Gasteiger partial charge in [0.05, 0.1) is 5.38 Å². The Kier molecular flexibility index (Phi) is 5.26. The lowest BCUT2D eigenvalue weighted by Gasteiger charge is -2.21. The second-order valence-corrected chi connectivity index (χ2v) is 5.81. The van der Waals surface area contributed by atoms with Crippen molar-refractivity contribution < 1.29 is 4.79 Å². The van der Waals surface area contributed by atoms with E-state index in [4.69, 9.17) is 11.6 Å². The standard InChI is InChI=1S/C16H22ClNO/c1-2-12-8-6-7-9-13(12)16(19)18-15-11-5-3-4-10-14(15)17/h6-9,14-15H,2-5,10-11H2,1H3,(H,18,19). The zero-order valence-corrected chi connectivity index (χ0v) is 12.2. The first kappa shape index (κ1) is 14.4. The second kappa shape index (κ2) is 6.95. The molecule has 1 N–H and O–H groups in total. The fraction of sp³-hybridized carbons (Fsp3) is 0.562. The van der Waals surface area contributed by atoms with Gasteiger partial charge in [-0.3, -0.25) is 4.79 Å². The lowest BCUT2D eigenvalue weighted by Crippen LogP contribution is -2.40. The summed E-state index contributed by atoms with van der Waals surface area (Å²) in [5.41, 5.74) is 1.89. The Morgan fingerprint density at radius 2 is 2.00 bits per heavy atom. The van der Waals surface area contributed by atoms with Gasteiger partial charge in [-0.15, -0.1) is 11.6 Å². The van der Waals surface area contributed by atoms with Crippen LogP contribution in [0, 0.1) is 0 Å². The van der Waals surface area contributed by atoms with E-state index in [-0.39, 0.29) is 17.3 Å². The number of alkyl halides is 1. The number of nitrogens with one attached hydrogen (secondary N) is 1. The molecule has 2 nitrogen and oxygen atoms in total. The Hall–Kier alpha value is -1.02. The van der Waals surface area contributed by atoms with Crippen LogP contribution >= 0.6 is 11.6 Å². The summed E-state index contributed by atoms with van der Waals surface area (Å²) < 4.78 is 0. The largest absolute Gasteiger partial charge is 0.348 e. The van der Waals surface area contributed by atoms with Gasteiger partial charge in [0.1, 0.15) is 0 Å². The number of rotatable bonds is 3. The molecule has 0 saturated heterocycles. The van der Waals surface area contributed by atoms with Gasteiger partial charge in [-0.05, 0) is 30.9 Å². The number of hydrogen-bond donors (Lipinski definition) is 1. The molecule has 0 aromatic heterocycles. The molecule has 0 bridgehead atoms. The van der Waals surface area contributed by atoms with Crippen LogP contribution in [0.15, 0.2) is 24.3 Å². The van der Waals surface area contributed by atoms with E-state index in [1.54, 1.807) is 0 Å². The minimum absolute atomic E-state index is 0.0231. The molecule has 2 atom stereocenters. The van der Waals surface area contributed by atoms with Gasteiger partial charge in [0.25, 0.3) is 5.91 Å². The molecule has 1 aliphatic carbocycles. The van der Waals surface area contributed by atoms with E-state index in [0.29, 0.717) is 0 Å². The maximum absolute atomic E-state index is 12.4. The van der Waals surface area contributed by atoms with Crippen LogP contribution < -0.4 is 5.32 Å². The molecular weight excluding hydrogens is 258 g/mol. The number of amides is 1. The number of aryl methyl sites for hydroxylation is 1. The summed E-state index contributed by atoms with van der Waals surface area (Å²) in [6.45, 7) is 2.07. The molecule has 0 spiro atoms. The molecule has 1 saturated carbocycles. The molecule has 2 rings (SSSR count). The van der Waals surface area contributed by atoms with Crippen molar-refractivity contribution in [1.29, 1.82) is 0 Å². The minimum Gasteiger partial charge on any atom is -0.348 e. The van der Waals surface area contributed by atoms with Crippen LogP contribution in [0.2, 0.25) is 0 Å². The molecule has 0 heterocycles. The van der Waals surface area contributed by atoms with E-state index >= 15 is 0 Å². The highest BCUT2D eigenvalue weighted by Gasteiger charge is 2.24. The summed E-state index contributed by atoms with van der Waals surface area (Å²) in [4.78, 5) is 12.4. The van der Waals surface area contributed by atoms with E-state index in [1.165, 1.54) is 12.8 Å². The molecule has 19 heavy (non-hydrogen) atoms. The average molecular weight is 280 g/mol. The predicted octanol–water partition coefficient (Wildman–Crippen LogP) is 3.92. The van der Waals surface area contributed by atoms with Crippen LogP contribution in [-0.4, -0.2) is 17.3 Å². The lowest BCUT2D eigenvalue weighted by molar-refractivity contribution is 0.0933. The van der Waals surface area contributed by atoms with Gasteiger partial charge in [0.15, 0.2) is 0 Å². The third kappa shape index (κ3) is 3.73. The van der Waals surface area contributed by atoms with Gasteiger partial charge in [0.2, 0.25) is 0 Å². The van der Waals surface area contributed by atoms with Crippen LogP contribution in [0.25, 0.3) is 0 Å².